The van der Waals surface area contributed by atoms with Crippen LogP contribution >= 0.6 is 0 Å². The van der Waals surface area contributed by atoms with Crippen molar-refractivity contribution in [2.75, 3.05) is 0 Å². The van der Waals surface area contributed by atoms with Crippen molar-refractivity contribution in [1.29, 1.82) is 5.26 Å². The maximum atomic E-state index is 12.3. The third-order valence-electron chi connectivity index (χ3n) is 0.934. The van der Waals surface area contributed by atoms with Gasteiger partial charge >= 0.3 is 23.1 Å². The fraction of sp³-hybridized carbons (Fsp3) is 0. The Hall–Kier alpha value is -0.304. The van der Waals surface area contributed by atoms with E-state index in [0.717, 1.165) is 6.07 Å². The van der Waals surface area contributed by atoms with Gasteiger partial charge in [0.25, 0.3) is 0 Å². The zero-order chi connectivity index (χ0) is 6.69. The van der Waals surface area contributed by atoms with Crippen LogP contribution in [-0.2, 0) is 0 Å². The maximum Gasteiger partial charge on any atom is 2.00 e. The molecule has 1 rings (SSSR count). The van der Waals surface area contributed by atoms with Crippen molar-refractivity contribution in [2.24, 2.45) is 0 Å². The van der Waals surface area contributed by atoms with E-state index in [2.05, 4.69) is 6.07 Å². The molecule has 1 nitrogen and oxygen atoms in total. The van der Waals surface area contributed by atoms with Crippen LogP contribution in [0.15, 0.2) is 18.2 Å². The Morgan fingerprint density at radius 2 is 2.18 bits per heavy atom. The fourth-order valence-electron chi connectivity index (χ4n) is 0.501. The molecule has 1 aromatic carbocycles. The number of hydrogen-bond donors (Lipinski definition) is 0. The summed E-state index contributed by atoms with van der Waals surface area (Å²) in [5.74, 6) is -0.514. The van der Waals surface area contributed by atoms with Gasteiger partial charge in [-0.25, -0.2) is 0 Å². The second kappa shape index (κ2) is 6.41. The van der Waals surface area contributed by atoms with Gasteiger partial charge in [0.2, 0.25) is 0 Å². The summed E-state index contributed by atoms with van der Waals surface area (Å²) in [5, 5.41) is 8.21. The second-order valence-corrected chi connectivity index (χ2v) is 1.52. The standard InChI is InChI=1S/C7H3FN.ClH.Mg/c8-7-4-2-1-3-6(7)5-9;;/h1,3-4H;1H;/q-1;;+2/p-1. The van der Waals surface area contributed by atoms with Crippen LogP contribution in [0.5, 0.6) is 0 Å². The van der Waals surface area contributed by atoms with Crippen molar-refractivity contribution in [3.63, 3.8) is 0 Å². The molecule has 0 radical (unpaired) electrons. The minimum absolute atomic E-state index is 0. The largest absolute Gasteiger partial charge is 2.00 e. The predicted octanol–water partition coefficient (Wildman–Crippen LogP) is -1.88. The molecule has 11 heavy (non-hydrogen) atoms. The first-order valence-corrected chi connectivity index (χ1v) is 2.40. The number of nitriles is 1. The molecule has 0 atom stereocenters. The molecule has 0 saturated heterocycles. The molecule has 0 amide bonds. The molecule has 0 fully saturated rings. The molecule has 0 aromatic heterocycles. The van der Waals surface area contributed by atoms with Gasteiger partial charge in [-0.05, 0) is 5.56 Å². The minimum atomic E-state index is -0.514. The van der Waals surface area contributed by atoms with E-state index in [1.54, 1.807) is 6.07 Å². The van der Waals surface area contributed by atoms with Gasteiger partial charge in [0.15, 0.2) is 0 Å². The summed E-state index contributed by atoms with van der Waals surface area (Å²) < 4.78 is 12.3. The van der Waals surface area contributed by atoms with Crippen molar-refractivity contribution >= 4 is 23.1 Å². The van der Waals surface area contributed by atoms with Gasteiger partial charge in [0, 0.05) is 5.82 Å². The van der Waals surface area contributed by atoms with Crippen LogP contribution in [0.2, 0.25) is 0 Å². The van der Waals surface area contributed by atoms with Crippen LogP contribution in [0, 0.1) is 23.2 Å². The van der Waals surface area contributed by atoms with Crippen LogP contribution in [0.1, 0.15) is 5.56 Å². The smallest absolute Gasteiger partial charge is 1.00 e. The third kappa shape index (κ3) is 3.56. The van der Waals surface area contributed by atoms with Gasteiger partial charge in [-0.15, -0.1) is 6.07 Å². The summed E-state index contributed by atoms with van der Waals surface area (Å²) >= 11 is 0. The molecule has 0 saturated carbocycles. The summed E-state index contributed by atoms with van der Waals surface area (Å²) in [6, 6.07) is 8.23. The average molecular weight is 180 g/mol. The Morgan fingerprint density at radius 3 is 2.55 bits per heavy atom. The molecule has 0 spiro atoms. The molecule has 0 heterocycles. The molecule has 0 aliphatic heterocycles. The van der Waals surface area contributed by atoms with Crippen LogP contribution in [0.4, 0.5) is 4.39 Å². The van der Waals surface area contributed by atoms with Crippen LogP contribution in [0.3, 0.4) is 0 Å². The normalized spacial score (nSPS) is 6.91. The topological polar surface area (TPSA) is 23.8 Å². The van der Waals surface area contributed by atoms with Crippen LogP contribution < -0.4 is 12.4 Å². The Morgan fingerprint density at radius 1 is 1.55 bits per heavy atom. The van der Waals surface area contributed by atoms with E-state index in [4.69, 9.17) is 5.26 Å². The van der Waals surface area contributed by atoms with E-state index in [-0.39, 0.29) is 41.0 Å². The molecule has 1 aromatic rings. The average Bonchev–Trinajstić information content (AvgIpc) is 1.89. The first-order chi connectivity index (χ1) is 4.34. The quantitative estimate of drug-likeness (QED) is 0.338. The number of halogens is 2. The molecular weight excluding hydrogens is 177 g/mol. The summed E-state index contributed by atoms with van der Waals surface area (Å²) in [4.78, 5) is 0. The number of benzene rings is 1. The van der Waals surface area contributed by atoms with E-state index in [0.29, 0.717) is 0 Å². The second-order valence-electron chi connectivity index (χ2n) is 1.52. The zero-order valence-corrected chi connectivity index (χ0v) is 7.81. The SMILES string of the molecule is N#Cc1cc[c-]cc1F.[Cl-].[Mg+2]. The zero-order valence-electron chi connectivity index (χ0n) is 5.64. The first kappa shape index (κ1) is 13.3. The Balaban J connectivity index is 0. The van der Waals surface area contributed by atoms with Crippen molar-refractivity contribution in [3.8, 4) is 6.07 Å². The van der Waals surface area contributed by atoms with Gasteiger partial charge in [0.1, 0.15) is 0 Å². The van der Waals surface area contributed by atoms with Crippen molar-refractivity contribution in [1.82, 2.24) is 0 Å². The molecule has 0 aliphatic rings. The molecule has 0 bridgehead atoms. The molecule has 0 unspecified atom stereocenters. The Kier molecular flexibility index (Phi) is 7.75. The van der Waals surface area contributed by atoms with Gasteiger partial charge in [0.05, 0.1) is 6.07 Å². The summed E-state index contributed by atoms with van der Waals surface area (Å²) in [7, 11) is 0. The van der Waals surface area contributed by atoms with Gasteiger partial charge in [-0.2, -0.15) is 23.5 Å². The third-order valence-corrected chi connectivity index (χ3v) is 0.934. The van der Waals surface area contributed by atoms with Crippen molar-refractivity contribution < 1.29 is 16.8 Å². The minimum Gasteiger partial charge on any atom is -1.00 e. The van der Waals surface area contributed by atoms with Crippen molar-refractivity contribution in [2.45, 2.75) is 0 Å². The molecular formula is C7H3ClFMgN. The monoisotopic (exact) mass is 179 g/mol. The number of hydrogen-bond acceptors (Lipinski definition) is 1. The van der Waals surface area contributed by atoms with Gasteiger partial charge < -0.3 is 12.4 Å². The van der Waals surface area contributed by atoms with Gasteiger partial charge in [-0.3, -0.25) is 4.39 Å². The molecule has 0 aliphatic carbocycles. The van der Waals surface area contributed by atoms with E-state index in [1.807, 2.05) is 0 Å². The predicted molar refractivity (Wildman–Crippen MR) is 35.7 cm³/mol. The van der Waals surface area contributed by atoms with Crippen molar-refractivity contribution in [3.05, 3.63) is 35.6 Å². The summed E-state index contributed by atoms with van der Waals surface area (Å²) in [6.45, 7) is 0. The molecule has 52 valence electrons. The van der Waals surface area contributed by atoms with Crippen LogP contribution in [-0.4, -0.2) is 23.1 Å². The molecule has 0 N–H and O–H groups in total. The van der Waals surface area contributed by atoms with Gasteiger partial charge in [-0.1, -0.05) is 0 Å². The molecule has 4 heteroatoms. The summed E-state index contributed by atoms with van der Waals surface area (Å²) in [6.07, 6.45) is 0. The fourth-order valence-corrected chi connectivity index (χ4v) is 0.501. The Labute approximate surface area is 86.8 Å². The number of nitrogens with zero attached hydrogens (tertiary/aromatic N) is 1. The van der Waals surface area contributed by atoms with E-state index in [9.17, 15) is 4.39 Å². The first-order valence-electron chi connectivity index (χ1n) is 2.40. The van der Waals surface area contributed by atoms with E-state index in [1.165, 1.54) is 12.1 Å². The van der Waals surface area contributed by atoms with E-state index < -0.39 is 5.82 Å². The van der Waals surface area contributed by atoms with Crippen LogP contribution in [0.25, 0.3) is 0 Å². The Bertz CT molecular complexity index is 259. The number of rotatable bonds is 0. The summed E-state index contributed by atoms with van der Waals surface area (Å²) in [5.41, 5.74) is 0.0637. The maximum absolute atomic E-state index is 12.3. The van der Waals surface area contributed by atoms with E-state index >= 15 is 0 Å².